The van der Waals surface area contributed by atoms with E-state index >= 15 is 0 Å². The molecule has 180 valence electrons. The molecule has 0 bridgehead atoms. The van der Waals surface area contributed by atoms with Gasteiger partial charge in [0.05, 0.1) is 21.0 Å². The molecule has 0 amide bonds. The molecule has 13 heteroatoms. The van der Waals surface area contributed by atoms with E-state index < -0.39 is 44.1 Å². The van der Waals surface area contributed by atoms with Crippen molar-refractivity contribution in [3.8, 4) is 33.8 Å². The summed E-state index contributed by atoms with van der Waals surface area (Å²) in [5, 5.41) is 3.61. The van der Waals surface area contributed by atoms with Gasteiger partial charge in [-0.25, -0.2) is 13.6 Å². The SMILES string of the molecule is NS(=O)(=O)c1ccc(-c2cc3c(cc2-c2cc(C(F)(F)F)c(Cl)c(C(F)(F)F)c2)OCO3)cc1. The van der Waals surface area contributed by atoms with Gasteiger partial charge in [-0.1, -0.05) is 23.7 Å². The Bertz CT molecular complexity index is 1350. The highest BCUT2D eigenvalue weighted by Crippen LogP contribution is 2.48. The van der Waals surface area contributed by atoms with E-state index in [-0.39, 0.29) is 39.9 Å². The Morgan fingerprint density at radius 2 is 1.21 bits per heavy atom. The van der Waals surface area contributed by atoms with Gasteiger partial charge < -0.3 is 9.47 Å². The van der Waals surface area contributed by atoms with Crippen LogP contribution in [-0.4, -0.2) is 15.2 Å². The molecule has 5 nitrogen and oxygen atoms in total. The van der Waals surface area contributed by atoms with Gasteiger partial charge in [0.1, 0.15) is 0 Å². The highest BCUT2D eigenvalue weighted by atomic mass is 35.5. The number of primary sulfonamides is 1. The first-order valence-electron chi connectivity index (χ1n) is 9.21. The molecular formula is C21H12ClF6NO4S. The number of fused-ring (bicyclic) bond motifs is 1. The molecule has 0 saturated carbocycles. The summed E-state index contributed by atoms with van der Waals surface area (Å²) in [5.74, 6) is 0.312. The molecule has 4 rings (SSSR count). The third-order valence-corrected chi connectivity index (χ3v) is 6.34. The zero-order chi connectivity index (χ0) is 25.1. The molecule has 34 heavy (non-hydrogen) atoms. The number of hydrogen-bond donors (Lipinski definition) is 1. The molecule has 0 radical (unpaired) electrons. The average Bonchev–Trinajstić information content (AvgIpc) is 3.18. The molecule has 0 aromatic heterocycles. The van der Waals surface area contributed by atoms with Crippen LogP contribution in [0.15, 0.2) is 53.4 Å². The van der Waals surface area contributed by atoms with Gasteiger partial charge in [0.15, 0.2) is 11.5 Å². The zero-order valence-corrected chi connectivity index (χ0v) is 18.2. The average molecular weight is 524 g/mol. The Morgan fingerprint density at radius 3 is 1.62 bits per heavy atom. The number of halogens is 7. The number of benzene rings is 3. The van der Waals surface area contributed by atoms with Gasteiger partial charge in [-0.3, -0.25) is 0 Å². The topological polar surface area (TPSA) is 78.6 Å². The molecule has 0 fully saturated rings. The standard InChI is InChI=1S/C21H12ClF6NO4S/c22-19-15(20(23,24)25)5-11(6-16(19)21(26,27)28)14-8-18-17(32-9-33-18)7-13(14)10-1-3-12(4-2-10)34(29,30)31/h1-8H,9H2,(H2,29,30,31). The van der Waals surface area contributed by atoms with Crippen molar-refractivity contribution in [1.29, 1.82) is 0 Å². The number of nitrogens with two attached hydrogens (primary N) is 1. The maximum atomic E-state index is 13.5. The first kappa shape index (κ1) is 24.2. The number of rotatable bonds is 3. The van der Waals surface area contributed by atoms with Crippen LogP contribution in [0.4, 0.5) is 26.3 Å². The molecule has 3 aromatic carbocycles. The van der Waals surface area contributed by atoms with Crippen LogP contribution in [0, 0.1) is 0 Å². The van der Waals surface area contributed by atoms with Crippen molar-refractivity contribution < 1.29 is 44.2 Å². The Labute approximate surface area is 193 Å². The lowest BCUT2D eigenvalue weighted by atomic mass is 9.91. The quantitative estimate of drug-likeness (QED) is 0.422. The van der Waals surface area contributed by atoms with Crippen LogP contribution in [0.1, 0.15) is 11.1 Å². The largest absolute Gasteiger partial charge is 0.454 e. The molecule has 1 aliphatic rings. The maximum Gasteiger partial charge on any atom is 0.417 e. The molecule has 0 saturated heterocycles. The summed E-state index contributed by atoms with van der Waals surface area (Å²) >= 11 is 5.49. The minimum absolute atomic E-state index is 0.0553. The fourth-order valence-corrected chi connectivity index (χ4v) is 4.28. The van der Waals surface area contributed by atoms with Crippen LogP contribution in [0.25, 0.3) is 22.3 Å². The van der Waals surface area contributed by atoms with E-state index in [0.717, 1.165) is 12.1 Å². The van der Waals surface area contributed by atoms with Gasteiger partial charge in [0.25, 0.3) is 0 Å². The van der Waals surface area contributed by atoms with Crippen molar-refractivity contribution >= 4 is 21.6 Å². The fraction of sp³-hybridized carbons (Fsp3) is 0.143. The van der Waals surface area contributed by atoms with E-state index in [2.05, 4.69) is 0 Å². The summed E-state index contributed by atoms with van der Waals surface area (Å²) in [7, 11) is -4.03. The summed E-state index contributed by atoms with van der Waals surface area (Å²) in [5.41, 5.74) is -3.38. The van der Waals surface area contributed by atoms with E-state index in [1.54, 1.807) is 0 Å². The molecule has 1 aliphatic heterocycles. The van der Waals surface area contributed by atoms with Crippen molar-refractivity contribution in [1.82, 2.24) is 0 Å². The minimum atomic E-state index is -5.17. The van der Waals surface area contributed by atoms with Crippen LogP contribution in [-0.2, 0) is 22.4 Å². The number of hydrogen-bond acceptors (Lipinski definition) is 4. The highest BCUT2D eigenvalue weighted by molar-refractivity contribution is 7.89. The van der Waals surface area contributed by atoms with Crippen molar-refractivity contribution in [2.24, 2.45) is 5.14 Å². The lowest BCUT2D eigenvalue weighted by Crippen LogP contribution is -2.13. The molecule has 2 N–H and O–H groups in total. The first-order valence-corrected chi connectivity index (χ1v) is 11.1. The van der Waals surface area contributed by atoms with Crippen LogP contribution in [0.2, 0.25) is 5.02 Å². The Kier molecular flexibility index (Phi) is 5.74. The van der Waals surface area contributed by atoms with Gasteiger partial charge in [-0.15, -0.1) is 0 Å². The Balaban J connectivity index is 2.00. The Hall–Kier alpha value is -2.96. The molecule has 0 aliphatic carbocycles. The summed E-state index contributed by atoms with van der Waals surface area (Å²) in [6.07, 6.45) is -10.3. The lowest BCUT2D eigenvalue weighted by molar-refractivity contribution is -0.142. The molecule has 1 heterocycles. The van der Waals surface area contributed by atoms with Crippen molar-refractivity contribution in [3.63, 3.8) is 0 Å². The highest BCUT2D eigenvalue weighted by Gasteiger charge is 2.41. The van der Waals surface area contributed by atoms with Gasteiger partial charge in [0, 0.05) is 0 Å². The van der Waals surface area contributed by atoms with Crippen molar-refractivity contribution in [3.05, 3.63) is 64.7 Å². The van der Waals surface area contributed by atoms with Crippen LogP contribution >= 0.6 is 11.6 Å². The second kappa shape index (κ2) is 8.07. The van der Waals surface area contributed by atoms with Gasteiger partial charge in [-0.2, -0.15) is 26.3 Å². The smallest absolute Gasteiger partial charge is 0.417 e. The Morgan fingerprint density at radius 1 is 0.765 bits per heavy atom. The van der Waals surface area contributed by atoms with E-state index in [1.807, 2.05) is 0 Å². The second-order valence-electron chi connectivity index (χ2n) is 7.20. The van der Waals surface area contributed by atoms with E-state index in [4.69, 9.17) is 26.2 Å². The fourth-order valence-electron chi connectivity index (χ4n) is 3.44. The summed E-state index contributed by atoms with van der Waals surface area (Å²) in [4.78, 5) is -0.233. The molecular weight excluding hydrogens is 512 g/mol. The predicted molar refractivity (Wildman–Crippen MR) is 110 cm³/mol. The summed E-state index contributed by atoms with van der Waals surface area (Å²) in [6, 6.07) is 8.58. The molecule has 3 aromatic rings. The number of ether oxygens (including phenoxy) is 2. The van der Waals surface area contributed by atoms with E-state index in [1.165, 1.54) is 24.3 Å². The van der Waals surface area contributed by atoms with E-state index in [0.29, 0.717) is 12.1 Å². The third-order valence-electron chi connectivity index (χ3n) is 5.00. The normalized spacial score (nSPS) is 13.9. The minimum Gasteiger partial charge on any atom is -0.454 e. The van der Waals surface area contributed by atoms with Crippen LogP contribution < -0.4 is 14.6 Å². The number of alkyl halides is 6. The second-order valence-corrected chi connectivity index (χ2v) is 9.14. The molecule has 0 atom stereocenters. The predicted octanol–water partition coefficient (Wildman–Crippen LogP) is 6.09. The third kappa shape index (κ3) is 4.52. The van der Waals surface area contributed by atoms with Gasteiger partial charge in [0.2, 0.25) is 16.8 Å². The zero-order valence-electron chi connectivity index (χ0n) is 16.6. The maximum absolute atomic E-state index is 13.5. The van der Waals surface area contributed by atoms with Crippen molar-refractivity contribution in [2.75, 3.05) is 6.79 Å². The van der Waals surface area contributed by atoms with Crippen LogP contribution in [0.5, 0.6) is 11.5 Å². The lowest BCUT2D eigenvalue weighted by Gasteiger charge is -2.19. The van der Waals surface area contributed by atoms with Crippen molar-refractivity contribution in [2.45, 2.75) is 17.2 Å². The van der Waals surface area contributed by atoms with Gasteiger partial charge in [-0.05, 0) is 58.7 Å². The number of sulfonamides is 1. The summed E-state index contributed by atoms with van der Waals surface area (Å²) in [6.45, 7) is -0.204. The monoisotopic (exact) mass is 523 g/mol. The van der Waals surface area contributed by atoms with Crippen LogP contribution in [0.3, 0.4) is 0 Å². The first-order chi connectivity index (χ1) is 15.7. The molecule has 0 unspecified atom stereocenters. The van der Waals surface area contributed by atoms with E-state index in [9.17, 15) is 34.8 Å². The summed E-state index contributed by atoms with van der Waals surface area (Å²) < 4.78 is 115. The van der Waals surface area contributed by atoms with Gasteiger partial charge >= 0.3 is 12.4 Å². The molecule has 0 spiro atoms.